The van der Waals surface area contributed by atoms with Gasteiger partial charge in [0.05, 0.1) is 27.2 Å². The zero-order valence-electron chi connectivity index (χ0n) is 17.4. The number of nitrogens with zero attached hydrogens (tertiary/aromatic N) is 1. The van der Waals surface area contributed by atoms with Crippen molar-refractivity contribution in [3.8, 4) is 0 Å². The van der Waals surface area contributed by atoms with Crippen molar-refractivity contribution >= 4 is 39.1 Å². The summed E-state index contributed by atoms with van der Waals surface area (Å²) in [6, 6.07) is 22.1. The van der Waals surface area contributed by atoms with E-state index >= 15 is 0 Å². The first-order chi connectivity index (χ1) is 15.6. The van der Waals surface area contributed by atoms with Crippen molar-refractivity contribution in [1.82, 2.24) is 4.98 Å². The van der Waals surface area contributed by atoms with E-state index in [1.807, 2.05) is 48.5 Å². The number of amides is 1. The number of thiazole rings is 1. The predicted octanol–water partition coefficient (Wildman–Crippen LogP) is 4.72. The number of fused-ring (bicyclic) bond motifs is 1. The Hall–Kier alpha value is -3.55. The largest absolute Gasteiger partial charge is 0.457 e. The van der Waals surface area contributed by atoms with Crippen LogP contribution in [0.1, 0.15) is 33.8 Å². The molecular formula is C25H23N3O3S. The summed E-state index contributed by atoms with van der Waals surface area (Å²) in [6.07, 6.45) is 0.525. The summed E-state index contributed by atoms with van der Waals surface area (Å²) in [5.74, 6) is -0.853. The van der Waals surface area contributed by atoms with E-state index < -0.39 is 0 Å². The summed E-state index contributed by atoms with van der Waals surface area (Å²) in [5, 5.41) is 3.00. The minimum absolute atomic E-state index is 0.109. The fourth-order valence-corrected chi connectivity index (χ4v) is 4.15. The summed E-state index contributed by atoms with van der Waals surface area (Å²) < 4.78 is 6.40. The zero-order chi connectivity index (χ0) is 22.3. The molecule has 162 valence electrons. The lowest BCUT2D eigenvalue weighted by atomic mass is 9.94. The third-order valence-electron chi connectivity index (χ3n) is 5.13. The monoisotopic (exact) mass is 445 g/mol. The standard InChI is InChI=1S/C25H23N3O3S/c26-13-12-21(24(29)28-20-10-11-22-23(14-20)32-16-27-22)18-8-6-17(7-9-18)15-31-25(30)19-4-2-1-3-5-19/h1-11,14,16,21H,12-13,15,26H2,(H,28,29). The molecule has 0 spiro atoms. The molecule has 6 nitrogen and oxygen atoms in total. The SMILES string of the molecule is NCCC(C(=O)Nc1ccc2ncsc2c1)c1ccc(COC(=O)c2ccccc2)cc1. The molecule has 3 N–H and O–H groups in total. The molecule has 1 amide bonds. The number of carbonyl (C=O) groups excluding carboxylic acids is 2. The number of hydrogen-bond acceptors (Lipinski definition) is 6. The summed E-state index contributed by atoms with van der Waals surface area (Å²) in [4.78, 5) is 29.4. The molecule has 0 aliphatic rings. The molecule has 1 aromatic heterocycles. The molecule has 0 bridgehead atoms. The maximum Gasteiger partial charge on any atom is 0.338 e. The van der Waals surface area contributed by atoms with Crippen LogP contribution in [-0.4, -0.2) is 23.4 Å². The molecule has 4 rings (SSSR count). The number of esters is 1. The van der Waals surface area contributed by atoms with E-state index in [4.69, 9.17) is 10.5 Å². The number of anilines is 1. The lowest BCUT2D eigenvalue weighted by molar-refractivity contribution is -0.117. The minimum atomic E-state index is -0.377. The number of aromatic nitrogens is 1. The Kier molecular flexibility index (Phi) is 6.89. The number of ether oxygens (including phenoxy) is 1. The highest BCUT2D eigenvalue weighted by atomic mass is 32.1. The normalized spacial score (nSPS) is 11.8. The second kappa shape index (κ2) is 10.2. The zero-order valence-corrected chi connectivity index (χ0v) is 18.2. The molecule has 1 heterocycles. The molecule has 7 heteroatoms. The van der Waals surface area contributed by atoms with Crippen LogP contribution >= 0.6 is 11.3 Å². The second-order valence-electron chi connectivity index (χ2n) is 7.34. The van der Waals surface area contributed by atoms with Gasteiger partial charge in [0, 0.05) is 5.69 Å². The fraction of sp³-hybridized carbons (Fsp3) is 0.160. The van der Waals surface area contributed by atoms with Crippen LogP contribution in [0.25, 0.3) is 10.2 Å². The molecular weight excluding hydrogens is 422 g/mol. The molecule has 0 radical (unpaired) electrons. The Morgan fingerprint density at radius 1 is 1.03 bits per heavy atom. The topological polar surface area (TPSA) is 94.3 Å². The first-order valence-corrected chi connectivity index (χ1v) is 11.2. The summed E-state index contributed by atoms with van der Waals surface area (Å²) >= 11 is 1.53. The number of carbonyl (C=O) groups is 2. The number of rotatable bonds is 8. The second-order valence-corrected chi connectivity index (χ2v) is 8.22. The maximum absolute atomic E-state index is 13.0. The minimum Gasteiger partial charge on any atom is -0.457 e. The van der Waals surface area contributed by atoms with Crippen LogP contribution in [0.3, 0.4) is 0 Å². The summed E-state index contributed by atoms with van der Waals surface area (Å²) in [5.41, 5.74) is 11.4. The third-order valence-corrected chi connectivity index (χ3v) is 5.92. The highest BCUT2D eigenvalue weighted by molar-refractivity contribution is 7.16. The van der Waals surface area contributed by atoms with Gasteiger partial charge in [0.2, 0.25) is 5.91 Å². The van der Waals surface area contributed by atoms with E-state index in [-0.39, 0.29) is 24.4 Å². The first kappa shape index (κ1) is 21.7. The van der Waals surface area contributed by atoms with E-state index in [9.17, 15) is 9.59 Å². The van der Waals surface area contributed by atoms with Crippen molar-refractivity contribution in [2.45, 2.75) is 18.9 Å². The number of benzene rings is 3. The van der Waals surface area contributed by atoms with Crippen LogP contribution in [0, 0.1) is 0 Å². The van der Waals surface area contributed by atoms with Gasteiger partial charge in [-0.05, 0) is 54.4 Å². The fourth-order valence-electron chi connectivity index (χ4n) is 3.43. The molecule has 0 aliphatic carbocycles. The van der Waals surface area contributed by atoms with Gasteiger partial charge in [-0.15, -0.1) is 11.3 Å². The van der Waals surface area contributed by atoms with Gasteiger partial charge in [0.1, 0.15) is 6.61 Å². The molecule has 32 heavy (non-hydrogen) atoms. The lowest BCUT2D eigenvalue weighted by Crippen LogP contribution is -2.23. The highest BCUT2D eigenvalue weighted by Gasteiger charge is 2.20. The molecule has 0 aliphatic heterocycles. The van der Waals surface area contributed by atoms with Gasteiger partial charge in [-0.25, -0.2) is 9.78 Å². The molecule has 1 unspecified atom stereocenters. The highest BCUT2D eigenvalue weighted by Crippen LogP contribution is 2.25. The summed E-state index contributed by atoms with van der Waals surface area (Å²) in [6.45, 7) is 0.555. The van der Waals surface area contributed by atoms with Crippen LogP contribution in [-0.2, 0) is 16.1 Å². The lowest BCUT2D eigenvalue weighted by Gasteiger charge is -2.17. The summed E-state index contributed by atoms with van der Waals surface area (Å²) in [7, 11) is 0. The van der Waals surface area contributed by atoms with Gasteiger partial charge >= 0.3 is 5.97 Å². The van der Waals surface area contributed by atoms with Crippen molar-refractivity contribution in [2.75, 3.05) is 11.9 Å². The van der Waals surface area contributed by atoms with Gasteiger partial charge in [-0.3, -0.25) is 4.79 Å². The van der Waals surface area contributed by atoms with Crippen molar-refractivity contribution < 1.29 is 14.3 Å². The number of nitrogens with two attached hydrogens (primary N) is 1. The Bertz CT molecular complexity index is 1210. The average molecular weight is 446 g/mol. The average Bonchev–Trinajstić information content (AvgIpc) is 3.30. The third kappa shape index (κ3) is 5.19. The van der Waals surface area contributed by atoms with E-state index in [0.29, 0.717) is 18.5 Å². The Balaban J connectivity index is 1.41. The van der Waals surface area contributed by atoms with Crippen LogP contribution < -0.4 is 11.1 Å². The molecule has 4 aromatic rings. The van der Waals surface area contributed by atoms with Crippen molar-refractivity contribution in [3.05, 3.63) is 95.0 Å². The van der Waals surface area contributed by atoms with E-state index in [0.717, 1.165) is 27.0 Å². The van der Waals surface area contributed by atoms with Crippen LogP contribution in [0.5, 0.6) is 0 Å². The smallest absolute Gasteiger partial charge is 0.338 e. The van der Waals surface area contributed by atoms with Crippen molar-refractivity contribution in [3.63, 3.8) is 0 Å². The van der Waals surface area contributed by atoms with E-state index in [1.54, 1.807) is 29.8 Å². The molecule has 3 aromatic carbocycles. The Morgan fingerprint density at radius 3 is 2.56 bits per heavy atom. The quantitative estimate of drug-likeness (QED) is 0.383. The molecule has 0 fully saturated rings. The van der Waals surface area contributed by atoms with E-state index in [2.05, 4.69) is 10.3 Å². The maximum atomic E-state index is 13.0. The van der Waals surface area contributed by atoms with E-state index in [1.165, 1.54) is 11.3 Å². The van der Waals surface area contributed by atoms with Crippen LogP contribution in [0.4, 0.5) is 5.69 Å². The first-order valence-electron chi connectivity index (χ1n) is 10.3. The number of hydrogen-bond donors (Lipinski definition) is 2. The van der Waals surface area contributed by atoms with Crippen molar-refractivity contribution in [1.29, 1.82) is 0 Å². The Labute approximate surface area is 190 Å². The van der Waals surface area contributed by atoms with Crippen molar-refractivity contribution in [2.24, 2.45) is 5.73 Å². The van der Waals surface area contributed by atoms with Gasteiger partial charge in [-0.1, -0.05) is 42.5 Å². The molecule has 1 atom stereocenters. The molecule has 0 saturated carbocycles. The van der Waals surface area contributed by atoms with Crippen LogP contribution in [0.15, 0.2) is 78.3 Å². The van der Waals surface area contributed by atoms with Gasteiger partial charge in [0.25, 0.3) is 0 Å². The van der Waals surface area contributed by atoms with Gasteiger partial charge < -0.3 is 15.8 Å². The van der Waals surface area contributed by atoms with Gasteiger partial charge in [-0.2, -0.15) is 0 Å². The molecule has 0 saturated heterocycles. The van der Waals surface area contributed by atoms with Crippen LogP contribution in [0.2, 0.25) is 0 Å². The predicted molar refractivity (Wildman–Crippen MR) is 127 cm³/mol. The Morgan fingerprint density at radius 2 is 1.81 bits per heavy atom. The number of nitrogens with one attached hydrogen (secondary N) is 1. The van der Waals surface area contributed by atoms with Gasteiger partial charge in [0.15, 0.2) is 0 Å².